The molecule has 2 aliphatic carbocycles. The molecule has 2 aromatic rings. The molecule has 0 radical (unpaired) electrons. The topological polar surface area (TPSA) is 216 Å². The highest BCUT2D eigenvalue weighted by atomic mass is 32.2. The molecule has 0 bridgehead atoms. The molecule has 2 aromatic heterocycles. The van der Waals surface area contributed by atoms with E-state index in [0.29, 0.717) is 23.0 Å². The quantitative estimate of drug-likeness (QED) is 0.119. The lowest BCUT2D eigenvalue weighted by molar-refractivity contribution is -0.119. The van der Waals surface area contributed by atoms with Crippen LogP contribution in [-0.2, 0) is 29.7 Å². The zero-order chi connectivity index (χ0) is 31.4. The normalized spacial score (nSPS) is 30.0. The van der Waals surface area contributed by atoms with E-state index in [4.69, 9.17) is 19.5 Å². The van der Waals surface area contributed by atoms with Crippen LogP contribution in [0.25, 0.3) is 11.2 Å². The number of nitrogens with one attached hydrogen (secondary N) is 2. The molecular formula is C26H42N7O8PS. The highest BCUT2D eigenvalue weighted by molar-refractivity contribution is 8.13. The minimum Gasteiger partial charge on any atom is -0.395 e. The van der Waals surface area contributed by atoms with E-state index >= 15 is 0 Å². The second kappa shape index (κ2) is 11.8. The summed E-state index contributed by atoms with van der Waals surface area (Å²) in [6, 6.07) is 0.0850. The first-order chi connectivity index (χ1) is 20.1. The summed E-state index contributed by atoms with van der Waals surface area (Å²) in [5, 5.41) is 37.9. The first-order valence-electron chi connectivity index (χ1n) is 14.4. The minimum absolute atomic E-state index is 0.0580. The summed E-state index contributed by atoms with van der Waals surface area (Å²) in [7, 11) is -3.86. The number of aliphatic hydroxyl groups is 3. The standard InChI is InChI=1S/C26H42N7O8PS/c1-14(2)32-42(38,39-8-9-43-22(36)24(3,4)12-34)40-11-16-19(35)26(37)17(25(26,5)41-16)10-33-13-28-18-20(29-15-6-7-15)30-23(27)31-21(18)33/h13-17,19,34-35,37H,6-12H2,1-5H3,(H,32,38)(H3,27,29,30,31)/t16-,17-,19?,25?,26?,42?/m1/s1. The molecule has 6 atom stereocenters. The van der Waals surface area contributed by atoms with E-state index in [9.17, 15) is 24.7 Å². The molecule has 3 aliphatic rings. The van der Waals surface area contributed by atoms with E-state index in [1.165, 1.54) is 0 Å². The van der Waals surface area contributed by atoms with Gasteiger partial charge in [-0.15, -0.1) is 0 Å². The number of thioether (sulfide) groups is 1. The molecular weight excluding hydrogens is 601 g/mol. The number of hydrogen-bond acceptors (Lipinski definition) is 14. The van der Waals surface area contributed by atoms with Crippen LogP contribution in [-0.4, -0.2) is 101 Å². The van der Waals surface area contributed by atoms with E-state index in [0.717, 1.165) is 24.6 Å². The Labute approximate surface area is 254 Å². The number of aliphatic hydroxyl groups excluding tert-OH is 2. The van der Waals surface area contributed by atoms with Gasteiger partial charge in [0.1, 0.15) is 23.4 Å². The zero-order valence-electron chi connectivity index (χ0n) is 25.0. The number of hydrogen-bond donors (Lipinski definition) is 6. The second-order valence-electron chi connectivity index (χ2n) is 12.6. The van der Waals surface area contributed by atoms with E-state index < -0.39 is 42.5 Å². The number of anilines is 2. The van der Waals surface area contributed by atoms with E-state index in [1.807, 2.05) is 0 Å². The number of nitrogens with zero attached hydrogens (tertiary/aromatic N) is 4. The van der Waals surface area contributed by atoms with Crippen molar-refractivity contribution in [2.45, 2.75) is 89.5 Å². The molecule has 0 spiro atoms. The molecule has 15 nitrogen and oxygen atoms in total. The third kappa shape index (κ3) is 6.31. The van der Waals surface area contributed by atoms with Crippen molar-refractivity contribution in [1.82, 2.24) is 24.6 Å². The van der Waals surface area contributed by atoms with Gasteiger partial charge in [0.05, 0.1) is 31.6 Å². The van der Waals surface area contributed by atoms with Gasteiger partial charge in [-0.3, -0.25) is 13.8 Å². The highest BCUT2D eigenvalue weighted by Crippen LogP contribution is 2.65. The monoisotopic (exact) mass is 643 g/mol. The third-order valence-electron chi connectivity index (χ3n) is 8.24. The largest absolute Gasteiger partial charge is 0.405 e. The Bertz CT molecular complexity index is 1410. The lowest BCUT2D eigenvalue weighted by atomic mass is 9.97. The SMILES string of the molecule is CC(C)NP(=O)(OCCSC(=O)C(C)(C)CO)OC[C@H]1OC2(C)[C@@H](Cn3cnc4c(NC5CC5)nc(N)nc43)C2(O)C1O. The smallest absolute Gasteiger partial charge is 0.395 e. The van der Waals surface area contributed by atoms with E-state index in [-0.39, 0.29) is 49.2 Å². The number of rotatable bonds is 15. The number of ether oxygens (including phenoxy) is 1. The van der Waals surface area contributed by atoms with Gasteiger partial charge in [0.25, 0.3) is 0 Å². The van der Waals surface area contributed by atoms with Crippen molar-refractivity contribution in [1.29, 1.82) is 0 Å². The van der Waals surface area contributed by atoms with Gasteiger partial charge in [-0.25, -0.2) is 14.6 Å². The predicted molar refractivity (Wildman–Crippen MR) is 160 cm³/mol. The summed E-state index contributed by atoms with van der Waals surface area (Å²) >= 11 is 0.974. The van der Waals surface area contributed by atoms with Crippen molar-refractivity contribution in [3.63, 3.8) is 0 Å². The molecule has 240 valence electrons. The Kier molecular flexibility index (Phi) is 8.93. The van der Waals surface area contributed by atoms with Crippen LogP contribution in [0.3, 0.4) is 0 Å². The summed E-state index contributed by atoms with van der Waals surface area (Å²) in [4.78, 5) is 25.3. The van der Waals surface area contributed by atoms with Gasteiger partial charge in [0.15, 0.2) is 22.1 Å². The molecule has 3 heterocycles. The maximum Gasteiger partial charge on any atom is 0.405 e. The van der Waals surface area contributed by atoms with Crippen LogP contribution in [0.4, 0.5) is 11.8 Å². The Balaban J connectivity index is 1.19. The lowest BCUT2D eigenvalue weighted by Crippen LogP contribution is -2.40. The molecule has 1 aliphatic heterocycles. The Morgan fingerprint density at radius 3 is 2.67 bits per heavy atom. The van der Waals surface area contributed by atoms with Gasteiger partial charge in [-0.1, -0.05) is 11.8 Å². The summed E-state index contributed by atoms with van der Waals surface area (Å²) < 4.78 is 32.5. The molecule has 0 aromatic carbocycles. The first kappa shape index (κ1) is 32.5. The fourth-order valence-corrected chi connectivity index (χ4v) is 7.89. The highest BCUT2D eigenvalue weighted by Gasteiger charge is 2.84. The van der Waals surface area contributed by atoms with Crippen LogP contribution in [0.2, 0.25) is 0 Å². The Morgan fingerprint density at radius 1 is 1.35 bits per heavy atom. The van der Waals surface area contributed by atoms with Crippen LogP contribution in [0.15, 0.2) is 6.33 Å². The number of nitrogens with two attached hydrogens (primary N) is 1. The number of carbonyl (C=O) groups is 1. The van der Waals surface area contributed by atoms with Crippen LogP contribution in [0.1, 0.15) is 47.5 Å². The average Bonchev–Trinajstić information content (AvgIpc) is 3.75. The summed E-state index contributed by atoms with van der Waals surface area (Å²) in [6.45, 7) is 8.15. The molecule has 2 saturated carbocycles. The van der Waals surface area contributed by atoms with E-state index in [2.05, 4.69) is 25.4 Å². The van der Waals surface area contributed by atoms with Crippen molar-refractivity contribution >= 4 is 47.6 Å². The van der Waals surface area contributed by atoms with Crippen molar-refractivity contribution < 1.29 is 38.5 Å². The fraction of sp³-hybridized carbons (Fsp3) is 0.769. The summed E-state index contributed by atoms with van der Waals surface area (Å²) in [5.74, 6) is 0.385. The molecule has 4 unspecified atom stereocenters. The van der Waals surface area contributed by atoms with Gasteiger partial charge >= 0.3 is 7.75 Å². The Morgan fingerprint density at radius 2 is 2.07 bits per heavy atom. The summed E-state index contributed by atoms with van der Waals surface area (Å²) in [5.41, 5.74) is 3.47. The van der Waals surface area contributed by atoms with Crippen molar-refractivity contribution in [2.24, 2.45) is 11.3 Å². The van der Waals surface area contributed by atoms with Crippen LogP contribution >= 0.6 is 19.5 Å². The molecule has 0 amide bonds. The maximum absolute atomic E-state index is 13.4. The number of fused-ring (bicyclic) bond motifs is 2. The van der Waals surface area contributed by atoms with Crippen molar-refractivity contribution in [2.75, 3.05) is 36.6 Å². The van der Waals surface area contributed by atoms with Gasteiger partial charge in [-0.05, 0) is 47.5 Å². The first-order valence-corrected chi connectivity index (χ1v) is 16.9. The Hall–Kier alpha value is -1.88. The van der Waals surface area contributed by atoms with Crippen LogP contribution < -0.4 is 16.1 Å². The molecule has 1 saturated heterocycles. The molecule has 43 heavy (non-hydrogen) atoms. The fourth-order valence-electron chi connectivity index (χ4n) is 5.43. The minimum atomic E-state index is -3.86. The zero-order valence-corrected chi connectivity index (χ0v) is 26.7. The van der Waals surface area contributed by atoms with Crippen LogP contribution in [0, 0.1) is 11.3 Å². The number of nitrogen functional groups attached to an aromatic ring is 1. The molecule has 5 rings (SSSR count). The van der Waals surface area contributed by atoms with Crippen LogP contribution in [0.5, 0.6) is 0 Å². The predicted octanol–water partition coefficient (Wildman–Crippen LogP) is 1.28. The summed E-state index contributed by atoms with van der Waals surface area (Å²) in [6.07, 6.45) is 1.42. The molecule has 3 fully saturated rings. The van der Waals surface area contributed by atoms with E-state index in [1.54, 1.807) is 45.5 Å². The second-order valence-corrected chi connectivity index (χ2v) is 15.4. The number of aromatic nitrogens is 4. The van der Waals surface area contributed by atoms with Gasteiger partial charge in [0, 0.05) is 30.3 Å². The average molecular weight is 644 g/mol. The maximum atomic E-state index is 13.4. The van der Waals surface area contributed by atoms with Crippen molar-refractivity contribution in [3.8, 4) is 0 Å². The number of imidazole rings is 1. The lowest BCUT2D eigenvalue weighted by Gasteiger charge is -2.26. The third-order valence-corrected chi connectivity index (χ3v) is 11.3. The van der Waals surface area contributed by atoms with Crippen molar-refractivity contribution in [3.05, 3.63) is 6.33 Å². The van der Waals surface area contributed by atoms with Gasteiger partial charge < -0.3 is 35.7 Å². The number of carbonyl (C=O) groups excluding carboxylic acids is 1. The van der Waals surface area contributed by atoms with Gasteiger partial charge in [0.2, 0.25) is 5.95 Å². The molecule has 17 heteroatoms. The van der Waals surface area contributed by atoms with Gasteiger partial charge in [-0.2, -0.15) is 9.97 Å². The molecule has 7 N–H and O–H groups in total.